The molecular formula is C23H17F4N7. The fourth-order valence-corrected chi connectivity index (χ4v) is 3.62. The predicted octanol–water partition coefficient (Wildman–Crippen LogP) is 5.00. The van der Waals surface area contributed by atoms with Gasteiger partial charge in [-0.05, 0) is 48.9 Å². The second-order valence-corrected chi connectivity index (χ2v) is 7.75. The summed E-state index contributed by atoms with van der Waals surface area (Å²) in [5.74, 6) is -0.303. The predicted molar refractivity (Wildman–Crippen MR) is 117 cm³/mol. The Morgan fingerprint density at radius 2 is 1.65 bits per heavy atom. The van der Waals surface area contributed by atoms with Gasteiger partial charge in [0.2, 0.25) is 5.95 Å². The Kier molecular flexibility index (Phi) is 5.03. The van der Waals surface area contributed by atoms with Crippen LogP contribution in [0.15, 0.2) is 67.1 Å². The third-order valence-corrected chi connectivity index (χ3v) is 5.45. The first-order chi connectivity index (χ1) is 16.2. The van der Waals surface area contributed by atoms with Crippen molar-refractivity contribution in [3.8, 4) is 22.5 Å². The average molecular weight is 467 g/mol. The van der Waals surface area contributed by atoms with Gasteiger partial charge in [0.1, 0.15) is 5.82 Å². The fourth-order valence-electron chi connectivity index (χ4n) is 3.62. The molecule has 5 rings (SSSR count). The lowest BCUT2D eigenvalue weighted by Gasteiger charge is -2.13. The van der Waals surface area contributed by atoms with Gasteiger partial charge in [-0.1, -0.05) is 12.1 Å². The minimum Gasteiger partial charge on any atom is -0.366 e. The molecule has 5 aromatic rings. The number of hydrogen-bond acceptors (Lipinski definition) is 5. The SMILES string of the molecule is C[C@H](c1ccc(F)cc1)n1cc(-c2cc(C(F)(F)F)cc(-c3ccn4nc(N)nc4c3)n2)cn1. The Morgan fingerprint density at radius 1 is 0.941 bits per heavy atom. The topological polar surface area (TPSA) is 86.9 Å². The zero-order valence-electron chi connectivity index (χ0n) is 17.7. The summed E-state index contributed by atoms with van der Waals surface area (Å²) in [6.45, 7) is 1.86. The second-order valence-electron chi connectivity index (χ2n) is 7.75. The van der Waals surface area contributed by atoms with Gasteiger partial charge in [-0.25, -0.2) is 13.9 Å². The number of alkyl halides is 3. The minimum atomic E-state index is -4.58. The Morgan fingerprint density at radius 3 is 2.35 bits per heavy atom. The summed E-state index contributed by atoms with van der Waals surface area (Å²) >= 11 is 0. The molecule has 0 bridgehead atoms. The van der Waals surface area contributed by atoms with Crippen molar-refractivity contribution in [1.29, 1.82) is 0 Å². The number of anilines is 1. The Labute approximate surface area is 190 Å². The molecule has 4 heterocycles. The number of aromatic nitrogens is 6. The molecule has 1 aromatic carbocycles. The lowest BCUT2D eigenvalue weighted by atomic mass is 10.1. The number of benzene rings is 1. The molecule has 0 spiro atoms. The van der Waals surface area contributed by atoms with E-state index < -0.39 is 11.7 Å². The van der Waals surface area contributed by atoms with Crippen LogP contribution in [0.5, 0.6) is 0 Å². The van der Waals surface area contributed by atoms with E-state index in [1.54, 1.807) is 41.3 Å². The van der Waals surface area contributed by atoms with E-state index in [0.29, 0.717) is 16.8 Å². The van der Waals surface area contributed by atoms with Gasteiger partial charge in [0.15, 0.2) is 5.65 Å². The lowest BCUT2D eigenvalue weighted by molar-refractivity contribution is -0.137. The quantitative estimate of drug-likeness (QED) is 0.376. The van der Waals surface area contributed by atoms with Crippen molar-refractivity contribution in [2.45, 2.75) is 19.1 Å². The molecule has 0 amide bonds. The Balaban J connectivity index is 1.57. The van der Waals surface area contributed by atoms with Crippen LogP contribution < -0.4 is 5.73 Å². The smallest absolute Gasteiger partial charge is 0.366 e. The van der Waals surface area contributed by atoms with Crippen molar-refractivity contribution in [3.05, 3.63) is 84.1 Å². The van der Waals surface area contributed by atoms with Crippen LogP contribution >= 0.6 is 0 Å². The number of nitrogens with two attached hydrogens (primary N) is 1. The van der Waals surface area contributed by atoms with Gasteiger partial charge in [-0.3, -0.25) is 4.68 Å². The maximum Gasteiger partial charge on any atom is 0.416 e. The maximum atomic E-state index is 13.7. The van der Waals surface area contributed by atoms with E-state index in [2.05, 4.69) is 20.2 Å². The lowest BCUT2D eigenvalue weighted by Crippen LogP contribution is -2.07. The largest absolute Gasteiger partial charge is 0.416 e. The van der Waals surface area contributed by atoms with E-state index >= 15 is 0 Å². The van der Waals surface area contributed by atoms with Crippen LogP contribution in [0, 0.1) is 5.82 Å². The highest BCUT2D eigenvalue weighted by Gasteiger charge is 2.32. The fraction of sp³-hybridized carbons (Fsp3) is 0.130. The van der Waals surface area contributed by atoms with E-state index in [1.165, 1.54) is 22.8 Å². The van der Waals surface area contributed by atoms with Crippen molar-refractivity contribution in [2.75, 3.05) is 5.73 Å². The molecule has 4 aromatic heterocycles. The summed E-state index contributed by atoms with van der Waals surface area (Å²) in [4.78, 5) is 8.52. The number of hydrogen-bond donors (Lipinski definition) is 1. The van der Waals surface area contributed by atoms with Crippen LogP contribution in [-0.2, 0) is 6.18 Å². The van der Waals surface area contributed by atoms with E-state index in [4.69, 9.17) is 5.73 Å². The van der Waals surface area contributed by atoms with Crippen molar-refractivity contribution >= 4 is 11.6 Å². The summed E-state index contributed by atoms with van der Waals surface area (Å²) < 4.78 is 57.4. The molecule has 0 unspecified atom stereocenters. The molecule has 11 heteroatoms. The second kappa shape index (κ2) is 7.94. The normalized spacial score (nSPS) is 12.9. The summed E-state index contributed by atoms with van der Waals surface area (Å²) in [7, 11) is 0. The molecule has 0 fully saturated rings. The third-order valence-electron chi connectivity index (χ3n) is 5.45. The Bertz CT molecular complexity index is 1490. The van der Waals surface area contributed by atoms with Gasteiger partial charge in [0.05, 0.1) is 29.2 Å². The first kappa shape index (κ1) is 21.6. The zero-order chi connectivity index (χ0) is 24.0. The van der Waals surface area contributed by atoms with Crippen LogP contribution in [0.4, 0.5) is 23.5 Å². The molecule has 7 nitrogen and oxygen atoms in total. The number of nitrogen functional groups attached to an aromatic ring is 1. The summed E-state index contributed by atoms with van der Waals surface area (Å²) in [6.07, 6.45) is 0.0443. The molecule has 0 saturated carbocycles. The molecule has 34 heavy (non-hydrogen) atoms. The van der Waals surface area contributed by atoms with Crippen molar-refractivity contribution < 1.29 is 17.6 Å². The number of halogens is 4. The number of nitrogens with zero attached hydrogens (tertiary/aromatic N) is 6. The average Bonchev–Trinajstić information content (AvgIpc) is 3.44. The highest BCUT2D eigenvalue weighted by molar-refractivity contribution is 5.69. The van der Waals surface area contributed by atoms with Crippen LogP contribution in [0.3, 0.4) is 0 Å². The van der Waals surface area contributed by atoms with Crippen LogP contribution in [0.1, 0.15) is 24.1 Å². The third kappa shape index (κ3) is 4.07. The number of pyridine rings is 2. The van der Waals surface area contributed by atoms with Crippen molar-refractivity contribution in [2.24, 2.45) is 0 Å². The highest BCUT2D eigenvalue weighted by atomic mass is 19.4. The first-order valence-electron chi connectivity index (χ1n) is 10.2. The summed E-state index contributed by atoms with van der Waals surface area (Å²) in [5.41, 5.74) is 7.02. The highest BCUT2D eigenvalue weighted by Crippen LogP contribution is 2.35. The van der Waals surface area contributed by atoms with Crippen LogP contribution in [0.25, 0.3) is 28.2 Å². The van der Waals surface area contributed by atoms with Gasteiger partial charge in [-0.15, -0.1) is 5.10 Å². The van der Waals surface area contributed by atoms with E-state index in [-0.39, 0.29) is 29.2 Å². The first-order valence-corrected chi connectivity index (χ1v) is 10.2. The molecule has 0 aliphatic rings. The standard InChI is InChI=1S/C23H17F4N7/c1-13(14-2-4-18(24)5-3-14)34-12-16(11-29-34)20-10-17(23(25,26)27)9-19(30-20)15-6-7-33-21(8-15)31-22(28)32-33/h2-13H,1H3,(H2,28,32)/t13-/m1/s1. The van der Waals surface area contributed by atoms with E-state index in [9.17, 15) is 17.6 Å². The molecule has 0 radical (unpaired) electrons. The zero-order valence-corrected chi connectivity index (χ0v) is 17.7. The van der Waals surface area contributed by atoms with E-state index in [1.807, 2.05) is 6.92 Å². The van der Waals surface area contributed by atoms with Crippen molar-refractivity contribution in [1.82, 2.24) is 29.4 Å². The summed E-state index contributed by atoms with van der Waals surface area (Å²) in [5, 5.41) is 8.27. The van der Waals surface area contributed by atoms with Crippen molar-refractivity contribution in [3.63, 3.8) is 0 Å². The molecular weight excluding hydrogens is 450 g/mol. The molecule has 0 aliphatic heterocycles. The maximum absolute atomic E-state index is 13.7. The van der Waals surface area contributed by atoms with Crippen LogP contribution in [-0.4, -0.2) is 29.4 Å². The monoisotopic (exact) mass is 467 g/mol. The molecule has 172 valence electrons. The summed E-state index contributed by atoms with van der Waals surface area (Å²) in [6, 6.07) is 10.8. The van der Waals surface area contributed by atoms with Crippen LogP contribution in [0.2, 0.25) is 0 Å². The van der Waals surface area contributed by atoms with Gasteiger partial charge in [0.25, 0.3) is 0 Å². The Hall–Kier alpha value is -4.28. The molecule has 0 aliphatic carbocycles. The van der Waals surface area contributed by atoms with Gasteiger partial charge >= 0.3 is 6.18 Å². The van der Waals surface area contributed by atoms with Gasteiger partial charge in [0, 0.05) is 23.5 Å². The van der Waals surface area contributed by atoms with E-state index in [0.717, 1.165) is 17.7 Å². The molecule has 0 saturated heterocycles. The van der Waals surface area contributed by atoms with Gasteiger partial charge < -0.3 is 5.73 Å². The molecule has 2 N–H and O–H groups in total. The number of fused-ring (bicyclic) bond motifs is 1. The number of rotatable bonds is 4. The minimum absolute atomic E-state index is 0.0533. The van der Waals surface area contributed by atoms with Gasteiger partial charge in [-0.2, -0.15) is 23.3 Å². The molecule has 1 atom stereocenters.